The van der Waals surface area contributed by atoms with Gasteiger partial charge in [0.15, 0.2) is 0 Å². The van der Waals surface area contributed by atoms with Gasteiger partial charge in [-0.25, -0.2) is 22.8 Å². The summed E-state index contributed by atoms with van der Waals surface area (Å²) in [6.07, 6.45) is 3.75. The van der Waals surface area contributed by atoms with Crippen LogP contribution in [0.3, 0.4) is 0 Å². The zero-order valence-corrected chi connectivity index (χ0v) is 14.8. The number of aromatic nitrogens is 3. The van der Waals surface area contributed by atoms with E-state index in [1.165, 1.54) is 23.4 Å². The highest BCUT2D eigenvalue weighted by Crippen LogP contribution is 2.34. The molecule has 0 aliphatic rings. The lowest BCUT2D eigenvalue weighted by atomic mass is 9.87. The van der Waals surface area contributed by atoms with Gasteiger partial charge in [-0.3, -0.25) is 0 Å². The number of hydrogen-bond donors (Lipinski definition) is 2. The Morgan fingerprint density at radius 1 is 1.43 bits per heavy atom. The van der Waals surface area contributed by atoms with E-state index >= 15 is 0 Å². The first-order chi connectivity index (χ1) is 10.6. The van der Waals surface area contributed by atoms with Crippen molar-refractivity contribution >= 4 is 33.2 Å². The topological polar surface area (TPSA) is 97.1 Å². The number of halogens is 2. The molecule has 1 aromatic heterocycles. The highest BCUT2D eigenvalue weighted by Gasteiger charge is 2.39. The Hall–Kier alpha value is -1.19. The van der Waals surface area contributed by atoms with Crippen molar-refractivity contribution in [2.45, 2.75) is 25.1 Å². The summed E-state index contributed by atoms with van der Waals surface area (Å²) >= 11 is 12.1. The third-order valence-electron chi connectivity index (χ3n) is 3.37. The van der Waals surface area contributed by atoms with Gasteiger partial charge in [0.05, 0.1) is 18.8 Å². The summed E-state index contributed by atoms with van der Waals surface area (Å²) in [6.45, 7) is 1.50. The maximum absolute atomic E-state index is 11.6. The lowest BCUT2D eigenvalue weighted by molar-refractivity contribution is -0.0102. The Morgan fingerprint density at radius 2 is 2.13 bits per heavy atom. The summed E-state index contributed by atoms with van der Waals surface area (Å²) in [7, 11) is -3.54. The first-order valence-corrected chi connectivity index (χ1v) is 9.24. The second-order valence-corrected chi connectivity index (χ2v) is 7.88. The van der Waals surface area contributed by atoms with E-state index < -0.39 is 21.7 Å². The highest BCUT2D eigenvalue weighted by molar-refractivity contribution is 7.88. The number of hydrogen-bond acceptors (Lipinski definition) is 5. The Labute approximate surface area is 144 Å². The quantitative estimate of drug-likeness (QED) is 0.791. The first kappa shape index (κ1) is 18.2. The predicted molar refractivity (Wildman–Crippen MR) is 87.8 cm³/mol. The van der Waals surface area contributed by atoms with Crippen LogP contribution in [0, 0.1) is 0 Å². The van der Waals surface area contributed by atoms with Gasteiger partial charge in [0, 0.05) is 15.6 Å². The van der Waals surface area contributed by atoms with Crippen molar-refractivity contribution in [3.8, 4) is 0 Å². The molecular weight excluding hydrogens is 363 g/mol. The molecule has 1 heterocycles. The van der Waals surface area contributed by atoms with E-state index in [-0.39, 0.29) is 11.6 Å². The monoisotopic (exact) mass is 378 g/mol. The molecule has 0 amide bonds. The third-order valence-corrected chi connectivity index (χ3v) is 4.70. The molecule has 0 saturated heterocycles. The number of rotatable bonds is 6. The Balaban J connectivity index is 2.49. The second kappa shape index (κ2) is 6.74. The van der Waals surface area contributed by atoms with Crippen LogP contribution in [0.4, 0.5) is 0 Å². The summed E-state index contributed by atoms with van der Waals surface area (Å²) in [5, 5.41) is 15.8. The molecule has 7 nitrogen and oxygen atoms in total. The minimum Gasteiger partial charge on any atom is -0.381 e. The van der Waals surface area contributed by atoms with Gasteiger partial charge in [-0.15, -0.1) is 0 Å². The summed E-state index contributed by atoms with van der Waals surface area (Å²) < 4.78 is 26.9. The molecule has 0 radical (unpaired) electrons. The van der Waals surface area contributed by atoms with Crippen molar-refractivity contribution in [1.29, 1.82) is 0 Å². The Morgan fingerprint density at radius 3 is 2.65 bits per heavy atom. The van der Waals surface area contributed by atoms with Crippen LogP contribution in [0.2, 0.25) is 10.0 Å². The fourth-order valence-electron chi connectivity index (χ4n) is 2.28. The largest absolute Gasteiger partial charge is 0.381 e. The SMILES string of the molecule is CC(NS(C)(=O)=O)C(O)(Cn1cncn1)c1ccc(Cl)cc1Cl. The summed E-state index contributed by atoms with van der Waals surface area (Å²) in [4.78, 5) is 3.82. The molecule has 0 aliphatic carbocycles. The second-order valence-electron chi connectivity index (χ2n) is 5.25. The molecule has 0 fully saturated rings. The average Bonchev–Trinajstić information content (AvgIpc) is 2.88. The summed E-state index contributed by atoms with van der Waals surface area (Å²) in [5.74, 6) is 0. The smallest absolute Gasteiger partial charge is 0.209 e. The lowest BCUT2D eigenvalue weighted by Gasteiger charge is -2.35. The third kappa shape index (κ3) is 4.42. The van der Waals surface area contributed by atoms with Gasteiger partial charge in [0.25, 0.3) is 0 Å². The van der Waals surface area contributed by atoms with Crippen LogP contribution in [-0.4, -0.2) is 40.6 Å². The highest BCUT2D eigenvalue weighted by atomic mass is 35.5. The fraction of sp³-hybridized carbons (Fsp3) is 0.385. The van der Waals surface area contributed by atoms with Gasteiger partial charge in [-0.1, -0.05) is 29.3 Å². The maximum atomic E-state index is 11.6. The zero-order chi connectivity index (χ0) is 17.3. The normalized spacial score (nSPS) is 16.0. The number of nitrogens with zero attached hydrogens (tertiary/aromatic N) is 3. The van der Waals surface area contributed by atoms with E-state index in [4.69, 9.17) is 23.2 Å². The molecule has 1 aromatic carbocycles. The molecule has 23 heavy (non-hydrogen) atoms. The maximum Gasteiger partial charge on any atom is 0.209 e. The molecule has 10 heteroatoms. The van der Waals surface area contributed by atoms with E-state index in [9.17, 15) is 13.5 Å². The van der Waals surface area contributed by atoms with Gasteiger partial charge in [0.1, 0.15) is 18.3 Å². The summed E-state index contributed by atoms with van der Waals surface area (Å²) in [6, 6.07) is 3.74. The van der Waals surface area contributed by atoms with Crippen LogP contribution in [0.5, 0.6) is 0 Å². The molecule has 126 valence electrons. The molecule has 2 aromatic rings. The van der Waals surface area contributed by atoms with Gasteiger partial charge in [-0.2, -0.15) is 5.10 Å². The van der Waals surface area contributed by atoms with Gasteiger partial charge >= 0.3 is 0 Å². The van der Waals surface area contributed by atoms with Crippen LogP contribution < -0.4 is 4.72 Å². The Bertz CT molecular complexity index is 783. The van der Waals surface area contributed by atoms with Crippen molar-refractivity contribution in [2.24, 2.45) is 0 Å². The van der Waals surface area contributed by atoms with Gasteiger partial charge < -0.3 is 5.11 Å². The Kier molecular flexibility index (Phi) is 5.32. The number of sulfonamides is 1. The van der Waals surface area contributed by atoms with Crippen LogP contribution >= 0.6 is 23.2 Å². The van der Waals surface area contributed by atoms with Crippen molar-refractivity contribution in [2.75, 3.05) is 6.26 Å². The molecule has 2 rings (SSSR count). The van der Waals surface area contributed by atoms with Crippen molar-refractivity contribution < 1.29 is 13.5 Å². The van der Waals surface area contributed by atoms with E-state index in [0.717, 1.165) is 6.26 Å². The van der Waals surface area contributed by atoms with E-state index in [1.807, 2.05) is 0 Å². The molecule has 2 unspecified atom stereocenters. The van der Waals surface area contributed by atoms with E-state index in [0.29, 0.717) is 10.6 Å². The van der Waals surface area contributed by atoms with Gasteiger partial charge in [0.2, 0.25) is 10.0 Å². The number of aliphatic hydroxyl groups is 1. The molecule has 0 bridgehead atoms. The molecule has 2 N–H and O–H groups in total. The standard InChI is InChI=1S/C13H16Cl2N4O3S/c1-9(18-23(2,21)22)13(20,6-19-8-16-7-17-19)11-4-3-10(14)5-12(11)15/h3-5,7-9,18,20H,6H2,1-2H3. The number of benzene rings is 1. The first-order valence-electron chi connectivity index (χ1n) is 6.59. The molecule has 0 saturated carbocycles. The molecule has 0 spiro atoms. The van der Waals surface area contributed by atoms with Crippen LogP contribution in [-0.2, 0) is 22.2 Å². The van der Waals surface area contributed by atoms with Crippen LogP contribution in [0.25, 0.3) is 0 Å². The van der Waals surface area contributed by atoms with Crippen molar-refractivity contribution in [3.05, 3.63) is 46.5 Å². The molecule has 0 aliphatic heterocycles. The number of nitrogens with one attached hydrogen (secondary N) is 1. The molecular formula is C13H16Cl2N4O3S. The van der Waals surface area contributed by atoms with Gasteiger partial charge in [-0.05, 0) is 19.1 Å². The zero-order valence-electron chi connectivity index (χ0n) is 12.4. The van der Waals surface area contributed by atoms with Crippen molar-refractivity contribution in [1.82, 2.24) is 19.5 Å². The average molecular weight is 379 g/mol. The van der Waals surface area contributed by atoms with E-state index in [2.05, 4.69) is 14.8 Å². The van der Waals surface area contributed by atoms with Crippen molar-refractivity contribution in [3.63, 3.8) is 0 Å². The molecule has 2 atom stereocenters. The minimum absolute atomic E-state index is 0.0436. The summed E-state index contributed by atoms with van der Waals surface area (Å²) in [5.41, 5.74) is -1.32. The fourth-order valence-corrected chi connectivity index (χ4v) is 3.69. The van der Waals surface area contributed by atoms with Crippen LogP contribution in [0.1, 0.15) is 12.5 Å². The van der Waals surface area contributed by atoms with E-state index in [1.54, 1.807) is 19.1 Å². The lowest BCUT2D eigenvalue weighted by Crippen LogP contribution is -2.51. The predicted octanol–water partition coefficient (Wildman–Crippen LogP) is 1.41. The van der Waals surface area contributed by atoms with Crippen LogP contribution in [0.15, 0.2) is 30.9 Å². The minimum atomic E-state index is -3.54.